The van der Waals surface area contributed by atoms with Gasteiger partial charge in [0.15, 0.2) is 0 Å². The Bertz CT molecular complexity index is 509. The van der Waals surface area contributed by atoms with Crippen LogP contribution >= 0.6 is 0 Å². The highest BCUT2D eigenvalue weighted by Gasteiger charge is 1.95. The van der Waals surface area contributed by atoms with E-state index in [-0.39, 0.29) is 0 Å². The van der Waals surface area contributed by atoms with Gasteiger partial charge in [0.2, 0.25) is 0 Å². The average Bonchev–Trinajstić information content (AvgIpc) is 2.62. The van der Waals surface area contributed by atoms with E-state index < -0.39 is 11.6 Å². The standard InChI is InChI=1S/2C8H12N2.O2S/c2*9-5-7-3-1-2-4-8(7)6-10;1-3-2/h2*1-4H,5-6,9-10H2;. The number of hydrogen-bond acceptors (Lipinski definition) is 6. The fourth-order valence-electron chi connectivity index (χ4n) is 1.91. The predicted molar refractivity (Wildman–Crippen MR) is 93.4 cm³/mol. The summed E-state index contributed by atoms with van der Waals surface area (Å²) in [6.45, 7) is 2.31. The van der Waals surface area contributed by atoms with Gasteiger partial charge < -0.3 is 22.9 Å². The van der Waals surface area contributed by atoms with Gasteiger partial charge in [0.1, 0.15) is 0 Å². The summed E-state index contributed by atoms with van der Waals surface area (Å²) in [6.07, 6.45) is 0. The van der Waals surface area contributed by atoms with Gasteiger partial charge in [0.25, 0.3) is 0 Å². The normalized spacial score (nSPS) is 9.04. The van der Waals surface area contributed by atoms with E-state index in [1.54, 1.807) is 0 Å². The highest BCUT2D eigenvalue weighted by molar-refractivity contribution is 7.51. The topological polar surface area (TPSA) is 138 Å². The lowest BCUT2D eigenvalue weighted by molar-refractivity contribution is 0.630. The predicted octanol–water partition coefficient (Wildman–Crippen LogP) is 0.538. The molecule has 0 spiro atoms. The van der Waals surface area contributed by atoms with Gasteiger partial charge in [-0.15, -0.1) is 0 Å². The number of nitrogens with two attached hydrogens (primary N) is 4. The molecule has 6 nitrogen and oxygen atoms in total. The molecule has 0 saturated heterocycles. The van der Waals surface area contributed by atoms with Crippen LogP contribution in [0.3, 0.4) is 0 Å². The van der Waals surface area contributed by atoms with Crippen molar-refractivity contribution < 1.29 is 8.42 Å². The second kappa shape index (κ2) is 13.7. The van der Waals surface area contributed by atoms with Crippen molar-refractivity contribution in [3.63, 3.8) is 0 Å². The highest BCUT2D eigenvalue weighted by Crippen LogP contribution is 2.06. The average molecular weight is 336 g/mol. The van der Waals surface area contributed by atoms with Crippen molar-refractivity contribution in [1.82, 2.24) is 0 Å². The third kappa shape index (κ3) is 8.34. The first-order valence-corrected chi connectivity index (χ1v) is 7.70. The van der Waals surface area contributed by atoms with Gasteiger partial charge in [0.05, 0.1) is 0 Å². The molecule has 23 heavy (non-hydrogen) atoms. The van der Waals surface area contributed by atoms with E-state index >= 15 is 0 Å². The van der Waals surface area contributed by atoms with Gasteiger partial charge in [-0.3, -0.25) is 0 Å². The van der Waals surface area contributed by atoms with E-state index in [0.29, 0.717) is 26.2 Å². The van der Waals surface area contributed by atoms with E-state index in [2.05, 4.69) is 0 Å². The summed E-state index contributed by atoms with van der Waals surface area (Å²) in [5, 5.41) is 0. The number of rotatable bonds is 4. The first-order valence-electron chi connectivity index (χ1n) is 7.04. The maximum absolute atomic E-state index is 8.29. The van der Waals surface area contributed by atoms with Gasteiger partial charge >= 0.3 is 11.6 Å². The van der Waals surface area contributed by atoms with Crippen LogP contribution in [-0.2, 0) is 37.8 Å². The SMILES string of the molecule is NCc1ccccc1CN.NCc1ccccc1CN.O=S=O. The van der Waals surface area contributed by atoms with Crippen molar-refractivity contribution in [3.05, 3.63) is 70.8 Å². The van der Waals surface area contributed by atoms with Crippen LogP contribution in [0.15, 0.2) is 48.5 Å². The zero-order valence-corrected chi connectivity index (χ0v) is 13.8. The minimum absolute atomic E-state index is 0.577. The molecule has 0 heterocycles. The van der Waals surface area contributed by atoms with Gasteiger partial charge in [-0.2, -0.15) is 8.42 Å². The van der Waals surface area contributed by atoms with E-state index in [4.69, 9.17) is 31.4 Å². The summed E-state index contributed by atoms with van der Waals surface area (Å²) in [7, 11) is 0. The Morgan fingerprint density at radius 1 is 0.565 bits per heavy atom. The lowest BCUT2D eigenvalue weighted by Gasteiger charge is -2.02. The van der Waals surface area contributed by atoms with Gasteiger partial charge in [-0.25, -0.2) is 0 Å². The molecule has 2 rings (SSSR count). The van der Waals surface area contributed by atoms with Crippen LogP contribution in [0.25, 0.3) is 0 Å². The van der Waals surface area contributed by atoms with Crippen molar-refractivity contribution in [2.45, 2.75) is 26.2 Å². The van der Waals surface area contributed by atoms with Crippen molar-refractivity contribution in [3.8, 4) is 0 Å². The van der Waals surface area contributed by atoms with E-state index in [1.165, 1.54) is 0 Å². The van der Waals surface area contributed by atoms with Gasteiger partial charge in [-0.1, -0.05) is 48.5 Å². The maximum Gasteiger partial charge on any atom is 0.335 e. The molecule has 8 N–H and O–H groups in total. The van der Waals surface area contributed by atoms with Crippen LogP contribution in [0.2, 0.25) is 0 Å². The van der Waals surface area contributed by atoms with E-state index in [1.807, 2.05) is 48.5 Å². The molecule has 0 aliphatic heterocycles. The molecular formula is C16H24N4O2S. The molecule has 0 aromatic heterocycles. The van der Waals surface area contributed by atoms with Crippen molar-refractivity contribution in [1.29, 1.82) is 0 Å². The fourth-order valence-corrected chi connectivity index (χ4v) is 1.91. The Morgan fingerprint density at radius 3 is 0.870 bits per heavy atom. The van der Waals surface area contributed by atoms with Crippen LogP contribution in [0.1, 0.15) is 22.3 Å². The monoisotopic (exact) mass is 336 g/mol. The van der Waals surface area contributed by atoms with Crippen molar-refractivity contribution in [2.75, 3.05) is 0 Å². The second-order valence-corrected chi connectivity index (χ2v) is 4.56. The lowest BCUT2D eigenvalue weighted by atomic mass is 10.1. The molecule has 0 radical (unpaired) electrons. The summed E-state index contributed by atoms with van der Waals surface area (Å²) in [4.78, 5) is 0. The van der Waals surface area contributed by atoms with Crippen LogP contribution in [0.4, 0.5) is 0 Å². The molecular weight excluding hydrogens is 312 g/mol. The molecule has 0 bridgehead atoms. The van der Waals surface area contributed by atoms with Crippen LogP contribution < -0.4 is 22.9 Å². The van der Waals surface area contributed by atoms with Gasteiger partial charge in [0, 0.05) is 26.2 Å². The zero-order chi connectivity index (χ0) is 17.5. The van der Waals surface area contributed by atoms with Crippen LogP contribution in [-0.4, -0.2) is 8.42 Å². The minimum Gasteiger partial charge on any atom is -0.326 e. The fraction of sp³-hybridized carbons (Fsp3) is 0.250. The highest BCUT2D eigenvalue weighted by atomic mass is 32.1. The summed E-state index contributed by atoms with van der Waals surface area (Å²) in [5.74, 6) is 0. The third-order valence-corrected chi connectivity index (χ3v) is 3.12. The molecule has 126 valence electrons. The Labute approximate surface area is 140 Å². The summed E-state index contributed by atoms with van der Waals surface area (Å²) < 4.78 is 16.6. The first kappa shape index (κ1) is 21.1. The summed E-state index contributed by atoms with van der Waals surface area (Å²) in [5.41, 5.74) is 26.5. The van der Waals surface area contributed by atoms with Crippen LogP contribution in [0, 0.1) is 0 Å². The molecule has 0 amide bonds. The Morgan fingerprint density at radius 2 is 0.739 bits per heavy atom. The molecule has 0 saturated carbocycles. The maximum atomic E-state index is 8.29. The lowest BCUT2D eigenvalue weighted by Crippen LogP contribution is -2.05. The largest absolute Gasteiger partial charge is 0.335 e. The summed E-state index contributed by atoms with van der Waals surface area (Å²) >= 11 is -0.750. The Hall–Kier alpha value is -1.90. The molecule has 0 aliphatic rings. The Balaban J connectivity index is 0.000000360. The quantitative estimate of drug-likeness (QED) is 0.643. The van der Waals surface area contributed by atoms with Gasteiger partial charge in [-0.05, 0) is 22.3 Å². The molecule has 2 aromatic rings. The molecule has 0 fully saturated rings. The second-order valence-electron chi connectivity index (χ2n) is 4.42. The molecule has 7 heteroatoms. The van der Waals surface area contributed by atoms with Crippen LogP contribution in [0.5, 0.6) is 0 Å². The zero-order valence-electron chi connectivity index (χ0n) is 13.0. The summed E-state index contributed by atoms with van der Waals surface area (Å²) in [6, 6.07) is 15.9. The number of benzene rings is 2. The van der Waals surface area contributed by atoms with E-state index in [9.17, 15) is 0 Å². The van der Waals surface area contributed by atoms with Crippen molar-refractivity contribution in [2.24, 2.45) is 22.9 Å². The molecule has 0 unspecified atom stereocenters. The van der Waals surface area contributed by atoms with Crippen molar-refractivity contribution >= 4 is 11.6 Å². The molecule has 0 aliphatic carbocycles. The third-order valence-electron chi connectivity index (χ3n) is 3.12. The van der Waals surface area contributed by atoms with E-state index in [0.717, 1.165) is 22.3 Å². The Kier molecular flexibility index (Phi) is 12.6. The number of hydrogen-bond donors (Lipinski definition) is 4. The minimum atomic E-state index is -0.750. The first-order chi connectivity index (χ1) is 11.2. The smallest absolute Gasteiger partial charge is 0.326 e. The molecule has 2 aromatic carbocycles. The molecule has 0 atom stereocenters.